The Morgan fingerprint density at radius 3 is 2.59 bits per heavy atom. The molecule has 0 aliphatic carbocycles. The summed E-state index contributed by atoms with van der Waals surface area (Å²) in [6.45, 7) is 12.3. The monoisotopic (exact) mass is 518 g/mol. The Morgan fingerprint density at radius 1 is 1.16 bits per heavy atom. The summed E-state index contributed by atoms with van der Waals surface area (Å²) in [5, 5.41) is 1.29. The van der Waals surface area contributed by atoms with Crippen LogP contribution in [-0.2, 0) is 17.5 Å². The molecule has 4 rings (SSSR count). The molecule has 4 aromatic rings. The average Bonchev–Trinajstić information content (AvgIpc) is 3.50. The van der Waals surface area contributed by atoms with E-state index in [0.717, 1.165) is 29.7 Å². The van der Waals surface area contributed by atoms with E-state index in [9.17, 15) is 4.79 Å². The van der Waals surface area contributed by atoms with Crippen LogP contribution in [0.5, 0.6) is 5.75 Å². The lowest BCUT2D eigenvalue weighted by Crippen LogP contribution is -2.42. The summed E-state index contributed by atoms with van der Waals surface area (Å²) in [6.07, 6.45) is 7.17. The molecule has 7 nitrogen and oxygen atoms in total. The molecule has 0 unspecified atom stereocenters. The lowest BCUT2D eigenvalue weighted by molar-refractivity contribution is 0.0995. The number of H-pyrrole nitrogens is 1. The zero-order valence-corrected chi connectivity index (χ0v) is 23.5. The molecule has 37 heavy (non-hydrogen) atoms. The van der Waals surface area contributed by atoms with Gasteiger partial charge in [0.2, 0.25) is 0 Å². The zero-order chi connectivity index (χ0) is 26.6. The Kier molecular flexibility index (Phi) is 7.89. The fourth-order valence-electron chi connectivity index (χ4n) is 4.03. The zero-order valence-electron chi connectivity index (χ0n) is 22.5. The SMILES string of the molecule is CC(C)(C)[Si](C)(C)OC[C@@H](CCc1c[nH]c2cc(OCc3ccccc3)ccc12)n1cnc(C(N)=O)c1. The molecule has 0 radical (unpaired) electrons. The minimum atomic E-state index is -1.94. The lowest BCUT2D eigenvalue weighted by atomic mass is 10.0. The Morgan fingerprint density at radius 2 is 1.92 bits per heavy atom. The third-order valence-electron chi connectivity index (χ3n) is 7.45. The second-order valence-electron chi connectivity index (χ2n) is 11.1. The van der Waals surface area contributed by atoms with Gasteiger partial charge in [0, 0.05) is 29.4 Å². The minimum absolute atomic E-state index is 0.0353. The van der Waals surface area contributed by atoms with Crippen LogP contribution in [0.4, 0.5) is 0 Å². The second kappa shape index (κ2) is 10.9. The predicted molar refractivity (Wildman–Crippen MR) is 150 cm³/mol. The van der Waals surface area contributed by atoms with Gasteiger partial charge >= 0.3 is 0 Å². The Labute approximate surface area is 220 Å². The number of imidazole rings is 1. The summed E-state index contributed by atoms with van der Waals surface area (Å²) in [5.41, 5.74) is 9.15. The minimum Gasteiger partial charge on any atom is -0.489 e. The first kappa shape index (κ1) is 26.7. The van der Waals surface area contributed by atoms with Crippen LogP contribution >= 0.6 is 0 Å². The Bertz CT molecular complexity index is 1340. The molecule has 0 bridgehead atoms. The normalized spacial score (nSPS) is 13.1. The molecule has 2 heterocycles. The van der Waals surface area contributed by atoms with Crippen LogP contribution in [0.3, 0.4) is 0 Å². The molecule has 8 heteroatoms. The number of aromatic amines is 1. The fourth-order valence-corrected chi connectivity index (χ4v) is 5.07. The number of aryl methyl sites for hydroxylation is 1. The van der Waals surface area contributed by atoms with Gasteiger partial charge in [-0.25, -0.2) is 4.98 Å². The van der Waals surface area contributed by atoms with Crippen molar-refractivity contribution in [3.8, 4) is 5.75 Å². The molecule has 0 saturated carbocycles. The summed E-state index contributed by atoms with van der Waals surface area (Å²) < 4.78 is 14.5. The van der Waals surface area contributed by atoms with Crippen LogP contribution in [0, 0.1) is 0 Å². The number of aromatic nitrogens is 3. The number of ether oxygens (including phenoxy) is 1. The number of amides is 1. The van der Waals surface area contributed by atoms with Crippen LogP contribution < -0.4 is 10.5 Å². The maximum absolute atomic E-state index is 11.6. The molecule has 0 aliphatic heterocycles. The first-order valence-electron chi connectivity index (χ1n) is 12.8. The van der Waals surface area contributed by atoms with Crippen LogP contribution in [0.2, 0.25) is 18.1 Å². The molecule has 1 amide bonds. The number of carbonyl (C=O) groups excluding carboxylic acids is 1. The quantitative estimate of drug-likeness (QED) is 0.230. The number of rotatable bonds is 11. The van der Waals surface area contributed by atoms with E-state index in [0.29, 0.717) is 13.2 Å². The van der Waals surface area contributed by atoms with Gasteiger partial charge in [0.05, 0.1) is 19.0 Å². The topological polar surface area (TPSA) is 95.2 Å². The van der Waals surface area contributed by atoms with Crippen molar-refractivity contribution >= 4 is 25.1 Å². The largest absolute Gasteiger partial charge is 0.489 e. The molecular weight excluding hydrogens is 480 g/mol. The number of nitrogens with zero attached hydrogens (tertiary/aromatic N) is 2. The third-order valence-corrected chi connectivity index (χ3v) is 12.0. The Balaban J connectivity index is 1.47. The average molecular weight is 519 g/mol. The molecular formula is C29H38N4O3Si. The second-order valence-corrected chi connectivity index (χ2v) is 15.9. The number of hydrogen-bond donors (Lipinski definition) is 2. The fraction of sp³-hybridized carbons (Fsp3) is 0.379. The number of nitrogens with two attached hydrogens (primary N) is 1. The van der Waals surface area contributed by atoms with E-state index in [1.54, 1.807) is 12.5 Å². The van der Waals surface area contributed by atoms with Crippen molar-refractivity contribution in [3.63, 3.8) is 0 Å². The van der Waals surface area contributed by atoms with Crippen molar-refractivity contribution in [1.82, 2.24) is 14.5 Å². The third kappa shape index (κ3) is 6.50. The number of nitrogens with one attached hydrogen (secondary N) is 1. The summed E-state index contributed by atoms with van der Waals surface area (Å²) in [4.78, 5) is 19.2. The molecule has 0 aliphatic rings. The van der Waals surface area contributed by atoms with E-state index in [-0.39, 0.29) is 16.8 Å². The maximum Gasteiger partial charge on any atom is 0.268 e. The predicted octanol–water partition coefficient (Wildman–Crippen LogP) is 6.24. The van der Waals surface area contributed by atoms with E-state index < -0.39 is 14.2 Å². The van der Waals surface area contributed by atoms with Gasteiger partial charge in [0.15, 0.2) is 8.32 Å². The summed E-state index contributed by atoms with van der Waals surface area (Å²) in [6, 6.07) is 16.4. The van der Waals surface area contributed by atoms with E-state index >= 15 is 0 Å². The summed E-state index contributed by atoms with van der Waals surface area (Å²) >= 11 is 0. The molecule has 3 N–H and O–H groups in total. The van der Waals surface area contributed by atoms with E-state index in [4.69, 9.17) is 14.9 Å². The van der Waals surface area contributed by atoms with Gasteiger partial charge in [-0.15, -0.1) is 0 Å². The first-order chi connectivity index (χ1) is 17.5. The standard InChI is InChI=1S/C29H38N4O3Si/c1-29(2,3)37(4,5)36-19-23(33-17-27(28(30)34)32-20-33)12-11-22-16-31-26-15-24(13-14-25(22)26)35-18-21-9-7-6-8-10-21/h6-10,13-17,20,23,31H,11-12,18-19H2,1-5H3,(H2,30,34)/t23-/m1/s1. The van der Waals surface area contributed by atoms with Gasteiger partial charge in [-0.2, -0.15) is 0 Å². The molecule has 0 fully saturated rings. The Hall–Kier alpha value is -3.36. The highest BCUT2D eigenvalue weighted by Gasteiger charge is 2.37. The highest BCUT2D eigenvalue weighted by Crippen LogP contribution is 2.37. The summed E-state index contributed by atoms with van der Waals surface area (Å²) in [7, 11) is -1.94. The highest BCUT2D eigenvalue weighted by molar-refractivity contribution is 6.74. The van der Waals surface area contributed by atoms with E-state index in [2.05, 4.69) is 74.3 Å². The van der Waals surface area contributed by atoms with Gasteiger partial charge < -0.3 is 24.4 Å². The van der Waals surface area contributed by atoms with Gasteiger partial charge in [0.25, 0.3) is 5.91 Å². The number of benzene rings is 2. The van der Waals surface area contributed by atoms with E-state index in [1.807, 2.05) is 28.8 Å². The van der Waals surface area contributed by atoms with E-state index in [1.165, 1.54) is 10.9 Å². The number of primary amides is 1. The van der Waals surface area contributed by atoms with Crippen molar-refractivity contribution in [2.24, 2.45) is 5.73 Å². The lowest BCUT2D eigenvalue weighted by Gasteiger charge is -2.37. The smallest absolute Gasteiger partial charge is 0.268 e. The number of hydrogen-bond acceptors (Lipinski definition) is 4. The van der Waals surface area contributed by atoms with Crippen LogP contribution in [-0.4, -0.2) is 35.4 Å². The van der Waals surface area contributed by atoms with Crippen molar-refractivity contribution in [2.75, 3.05) is 6.61 Å². The van der Waals surface area contributed by atoms with Gasteiger partial charge in [-0.1, -0.05) is 51.1 Å². The van der Waals surface area contributed by atoms with Crippen LogP contribution in [0.1, 0.15) is 54.8 Å². The summed E-state index contributed by atoms with van der Waals surface area (Å²) in [5.74, 6) is 0.313. The molecule has 0 saturated heterocycles. The highest BCUT2D eigenvalue weighted by atomic mass is 28.4. The molecule has 2 aromatic carbocycles. The molecule has 2 aromatic heterocycles. The maximum atomic E-state index is 11.6. The molecule has 0 spiro atoms. The van der Waals surface area contributed by atoms with Crippen molar-refractivity contribution < 1.29 is 14.0 Å². The molecule has 196 valence electrons. The molecule has 1 atom stereocenters. The van der Waals surface area contributed by atoms with Crippen LogP contribution in [0.15, 0.2) is 67.3 Å². The van der Waals surface area contributed by atoms with Gasteiger partial charge in [0.1, 0.15) is 18.1 Å². The first-order valence-corrected chi connectivity index (χ1v) is 15.7. The van der Waals surface area contributed by atoms with Crippen molar-refractivity contribution in [2.45, 2.75) is 64.4 Å². The number of carbonyl (C=O) groups is 1. The van der Waals surface area contributed by atoms with Crippen molar-refractivity contribution in [1.29, 1.82) is 0 Å². The van der Waals surface area contributed by atoms with Gasteiger partial charge in [-0.3, -0.25) is 4.79 Å². The van der Waals surface area contributed by atoms with Crippen LogP contribution in [0.25, 0.3) is 10.9 Å². The van der Waals surface area contributed by atoms with Gasteiger partial charge in [-0.05, 0) is 54.2 Å². The number of fused-ring (bicyclic) bond motifs is 1. The van der Waals surface area contributed by atoms with Crippen molar-refractivity contribution in [3.05, 3.63) is 84.1 Å².